The van der Waals surface area contributed by atoms with E-state index < -0.39 is 48.1 Å². The SMILES string of the molecule is CO[C@H]1[C@@H](C(=O)O)NC[C@H]1C(ON1CCC[C@H]1C(=O)O)C(=O)C(C)CSC(C)=O. The Bertz CT molecular complexity index is 645. The third kappa shape index (κ3) is 5.76. The fourth-order valence-corrected chi connectivity index (χ4v) is 4.41. The van der Waals surface area contributed by atoms with Gasteiger partial charge in [0.25, 0.3) is 0 Å². The highest BCUT2D eigenvalue weighted by Gasteiger charge is 2.49. The largest absolute Gasteiger partial charge is 0.480 e. The topological polar surface area (TPSA) is 142 Å². The molecule has 0 aliphatic carbocycles. The maximum atomic E-state index is 13.2. The summed E-state index contributed by atoms with van der Waals surface area (Å²) in [6.45, 7) is 3.62. The molecule has 0 bridgehead atoms. The highest BCUT2D eigenvalue weighted by atomic mass is 32.2. The van der Waals surface area contributed by atoms with E-state index in [2.05, 4.69) is 5.32 Å². The van der Waals surface area contributed by atoms with Crippen LogP contribution < -0.4 is 5.32 Å². The van der Waals surface area contributed by atoms with E-state index in [1.165, 1.54) is 19.1 Å². The predicted molar refractivity (Wildman–Crippen MR) is 103 cm³/mol. The fraction of sp³-hybridized carbons (Fsp3) is 0.778. The van der Waals surface area contributed by atoms with E-state index in [1.54, 1.807) is 6.92 Å². The first kappa shape index (κ1) is 23.7. The number of ketones is 1. The average Bonchev–Trinajstić information content (AvgIpc) is 3.29. The summed E-state index contributed by atoms with van der Waals surface area (Å²) in [4.78, 5) is 53.4. The van der Waals surface area contributed by atoms with Gasteiger partial charge in [-0.2, -0.15) is 5.06 Å². The Balaban J connectivity index is 2.25. The summed E-state index contributed by atoms with van der Waals surface area (Å²) in [7, 11) is 1.37. The minimum Gasteiger partial charge on any atom is -0.480 e. The molecule has 29 heavy (non-hydrogen) atoms. The third-order valence-corrected chi connectivity index (χ3v) is 6.36. The van der Waals surface area contributed by atoms with E-state index in [9.17, 15) is 29.4 Å². The number of hydrogen-bond donors (Lipinski definition) is 3. The number of methoxy groups -OCH3 is 1. The molecule has 2 fully saturated rings. The molecular weight excluding hydrogens is 404 g/mol. The summed E-state index contributed by atoms with van der Waals surface area (Å²) >= 11 is 1.02. The number of ether oxygens (including phenoxy) is 1. The van der Waals surface area contributed by atoms with Crippen LogP contribution in [-0.2, 0) is 28.8 Å². The second-order valence-corrected chi connectivity index (χ2v) is 8.55. The lowest BCUT2D eigenvalue weighted by atomic mass is 9.89. The summed E-state index contributed by atoms with van der Waals surface area (Å²) in [5.74, 6) is -3.35. The van der Waals surface area contributed by atoms with Gasteiger partial charge in [0.1, 0.15) is 18.2 Å². The van der Waals surface area contributed by atoms with Gasteiger partial charge in [-0.25, -0.2) is 0 Å². The van der Waals surface area contributed by atoms with Crippen molar-refractivity contribution in [1.29, 1.82) is 0 Å². The van der Waals surface area contributed by atoms with Gasteiger partial charge in [-0.1, -0.05) is 18.7 Å². The normalized spacial score (nSPS) is 29.5. The zero-order valence-electron chi connectivity index (χ0n) is 16.7. The number of carbonyl (C=O) groups is 4. The van der Waals surface area contributed by atoms with Crippen molar-refractivity contribution >= 4 is 34.6 Å². The van der Waals surface area contributed by atoms with Crippen LogP contribution in [0, 0.1) is 11.8 Å². The highest BCUT2D eigenvalue weighted by molar-refractivity contribution is 8.13. The number of hydrogen-bond acceptors (Lipinski definition) is 9. The van der Waals surface area contributed by atoms with E-state index in [1.807, 2.05) is 0 Å². The number of Topliss-reactive ketones (excluding diaryl/α,β-unsaturated/α-hetero) is 1. The summed E-state index contributed by atoms with van der Waals surface area (Å²) in [5.41, 5.74) is 0. The van der Waals surface area contributed by atoms with Crippen molar-refractivity contribution in [2.75, 3.05) is 26.0 Å². The molecular formula is C18H28N2O8S. The standard InChI is InChI=1S/C18H28N2O8S/c1-9(8-29-10(2)21)14(22)16(28-20-6-4-5-12(20)17(23)24)11-7-19-13(18(25)26)15(11)27-3/h9,11-13,15-16,19H,4-8H2,1-3H3,(H,23,24)(H,25,26)/t9?,11-,12+,13+,15-,16?/m1/s1. The quantitative estimate of drug-likeness (QED) is 0.429. The van der Waals surface area contributed by atoms with Crippen LogP contribution >= 0.6 is 11.8 Å². The van der Waals surface area contributed by atoms with E-state index in [0.29, 0.717) is 19.4 Å². The monoisotopic (exact) mass is 432 g/mol. The van der Waals surface area contributed by atoms with Gasteiger partial charge in [-0.15, -0.1) is 0 Å². The Morgan fingerprint density at radius 1 is 1.24 bits per heavy atom. The van der Waals surface area contributed by atoms with Gasteiger partial charge < -0.3 is 20.3 Å². The Hall–Kier alpha value is -1.53. The molecule has 6 atom stereocenters. The Kier molecular flexibility index (Phi) is 8.58. The Labute approximate surface area is 173 Å². The number of carboxylic acid groups (broad SMARTS) is 2. The summed E-state index contributed by atoms with van der Waals surface area (Å²) in [6, 6.07) is -1.86. The second kappa shape index (κ2) is 10.5. The molecule has 2 saturated heterocycles. The van der Waals surface area contributed by atoms with Crippen LogP contribution in [0.15, 0.2) is 0 Å². The van der Waals surface area contributed by atoms with Crippen molar-refractivity contribution in [2.24, 2.45) is 11.8 Å². The summed E-state index contributed by atoms with van der Waals surface area (Å²) in [6.07, 6.45) is -0.887. The van der Waals surface area contributed by atoms with Gasteiger partial charge >= 0.3 is 11.9 Å². The van der Waals surface area contributed by atoms with Gasteiger partial charge in [-0.05, 0) is 12.8 Å². The molecule has 0 amide bonds. The molecule has 10 nitrogen and oxygen atoms in total. The molecule has 2 aliphatic heterocycles. The van der Waals surface area contributed by atoms with E-state index in [0.717, 1.165) is 11.8 Å². The lowest BCUT2D eigenvalue weighted by molar-refractivity contribution is -0.227. The minimum atomic E-state index is -1.10. The van der Waals surface area contributed by atoms with Gasteiger partial charge in [-0.3, -0.25) is 24.0 Å². The first-order valence-corrected chi connectivity index (χ1v) is 10.5. The molecule has 11 heteroatoms. The number of carboxylic acids is 2. The Morgan fingerprint density at radius 2 is 1.93 bits per heavy atom. The van der Waals surface area contributed by atoms with Crippen LogP contribution in [0.3, 0.4) is 0 Å². The van der Waals surface area contributed by atoms with Crippen LogP contribution in [0.2, 0.25) is 0 Å². The maximum Gasteiger partial charge on any atom is 0.323 e. The first-order valence-electron chi connectivity index (χ1n) is 9.49. The predicted octanol–water partition coefficient (Wildman–Crippen LogP) is 0.00810. The van der Waals surface area contributed by atoms with Gasteiger partial charge in [0.2, 0.25) is 0 Å². The molecule has 0 aromatic carbocycles. The van der Waals surface area contributed by atoms with E-state index >= 15 is 0 Å². The number of carbonyl (C=O) groups excluding carboxylic acids is 2. The van der Waals surface area contributed by atoms with Crippen LogP contribution in [0.1, 0.15) is 26.7 Å². The number of rotatable bonds is 10. The van der Waals surface area contributed by atoms with Crippen molar-refractivity contribution < 1.29 is 39.0 Å². The van der Waals surface area contributed by atoms with E-state index in [-0.39, 0.29) is 23.2 Å². The molecule has 0 spiro atoms. The van der Waals surface area contributed by atoms with E-state index in [4.69, 9.17) is 9.57 Å². The van der Waals surface area contributed by atoms with Crippen LogP contribution in [0.5, 0.6) is 0 Å². The molecule has 2 unspecified atom stereocenters. The Morgan fingerprint density at radius 3 is 2.48 bits per heavy atom. The molecule has 0 saturated carbocycles. The summed E-state index contributed by atoms with van der Waals surface area (Å²) < 4.78 is 5.38. The zero-order chi connectivity index (χ0) is 21.7. The molecule has 0 aromatic rings. The van der Waals surface area contributed by atoms with Crippen molar-refractivity contribution in [3.8, 4) is 0 Å². The number of hydroxylamine groups is 2. The number of aliphatic carboxylic acids is 2. The maximum absolute atomic E-state index is 13.2. The van der Waals surface area contributed by atoms with Crippen LogP contribution in [-0.4, -0.2) is 88.4 Å². The summed E-state index contributed by atoms with van der Waals surface area (Å²) in [5, 5.41) is 22.8. The molecule has 2 rings (SSSR count). The lowest BCUT2D eigenvalue weighted by Gasteiger charge is -2.33. The minimum absolute atomic E-state index is 0.115. The molecule has 2 aliphatic rings. The van der Waals surface area contributed by atoms with Crippen molar-refractivity contribution in [3.63, 3.8) is 0 Å². The highest BCUT2D eigenvalue weighted by Crippen LogP contribution is 2.30. The van der Waals surface area contributed by atoms with Gasteiger partial charge in [0, 0.05) is 44.7 Å². The van der Waals surface area contributed by atoms with Crippen LogP contribution in [0.25, 0.3) is 0 Å². The van der Waals surface area contributed by atoms with Crippen molar-refractivity contribution in [3.05, 3.63) is 0 Å². The molecule has 2 heterocycles. The zero-order valence-corrected chi connectivity index (χ0v) is 17.5. The van der Waals surface area contributed by atoms with Gasteiger partial charge in [0.05, 0.1) is 6.10 Å². The average molecular weight is 432 g/mol. The number of thioether (sulfide) groups is 1. The molecule has 0 aromatic heterocycles. The smallest absolute Gasteiger partial charge is 0.323 e. The van der Waals surface area contributed by atoms with Gasteiger partial charge in [0.15, 0.2) is 10.9 Å². The van der Waals surface area contributed by atoms with Crippen LogP contribution in [0.4, 0.5) is 0 Å². The number of nitrogens with zero attached hydrogens (tertiary/aromatic N) is 1. The van der Waals surface area contributed by atoms with Crippen molar-refractivity contribution in [2.45, 2.75) is 51.0 Å². The molecule has 3 N–H and O–H groups in total. The first-order chi connectivity index (χ1) is 13.7. The van der Waals surface area contributed by atoms with Crippen molar-refractivity contribution in [1.82, 2.24) is 10.4 Å². The third-order valence-electron chi connectivity index (χ3n) is 5.29. The fourth-order valence-electron chi connectivity index (χ4n) is 3.77. The number of nitrogens with one attached hydrogen (secondary N) is 1. The molecule has 164 valence electrons. The molecule has 0 radical (unpaired) electrons. The lowest BCUT2D eigenvalue weighted by Crippen LogP contribution is -2.50. The second-order valence-electron chi connectivity index (χ2n) is 7.36.